The van der Waals surface area contributed by atoms with Gasteiger partial charge < -0.3 is 28.2 Å². The molecule has 0 spiro atoms. The van der Waals surface area contributed by atoms with Crippen molar-refractivity contribution in [2.45, 2.75) is 0 Å². The Labute approximate surface area is 35.9 Å². The zero-order valence-corrected chi connectivity index (χ0v) is 2.62. The molecule has 0 aromatic heterocycles. The van der Waals surface area contributed by atoms with Gasteiger partial charge in [0.25, 0.3) is 0 Å². The first-order chi connectivity index (χ1) is 0. The number of hydrogen-bond acceptors (Lipinski definition) is 0. The average molecular weight is 134 g/mol. The molecule has 0 fully saturated rings. The first-order valence-corrected chi connectivity index (χ1v) is 0. The van der Waals surface area contributed by atoms with Crippen molar-refractivity contribution in [1.82, 2.24) is 0 Å². The molecule has 0 aliphatic heterocycles. The quantitative estimate of drug-likeness (QED) is 0.289. The standard InChI is InChI=1S/6FH.Ne/h6*1H;/p-6. The van der Waals surface area contributed by atoms with Crippen molar-refractivity contribution >= 4 is 0 Å². The molecule has 7 heavy (non-hydrogen) atoms. The van der Waals surface area contributed by atoms with Crippen LogP contribution in [0.25, 0.3) is 0 Å². The van der Waals surface area contributed by atoms with Gasteiger partial charge in [0.2, 0.25) is 0 Å². The first kappa shape index (κ1) is 749. The van der Waals surface area contributed by atoms with Gasteiger partial charge in [0, 0.05) is 6.15 Å². The van der Waals surface area contributed by atoms with E-state index in [0.29, 0.717) is 0 Å². The van der Waals surface area contributed by atoms with Gasteiger partial charge in [-0.15, -0.1) is 0 Å². The van der Waals surface area contributed by atoms with Gasteiger partial charge in [-0.25, -0.2) is 0 Å². The van der Waals surface area contributed by atoms with Crippen molar-refractivity contribution in [3.63, 3.8) is 0 Å². The molecule has 0 aromatic rings. The van der Waals surface area contributed by atoms with Crippen molar-refractivity contribution in [3.8, 4) is 0 Å². The smallest absolute Gasteiger partial charge is 0 e. The Morgan fingerprint density at radius 1 is 0.286 bits per heavy atom. The fourth-order valence-electron chi connectivity index (χ4n) is 0. The third-order valence-electron chi connectivity index (χ3n) is 0. The van der Waals surface area contributed by atoms with E-state index in [1.807, 2.05) is 0 Å². The minimum Gasteiger partial charge on any atom is -1.00 e. The maximum absolute atomic E-state index is 0. The van der Waals surface area contributed by atoms with Crippen LogP contribution in [0.3, 0.4) is 0 Å². The SMILES string of the molecule is [F-].[F-].[F-].[F-].[F-].[F-].[Ne]. The van der Waals surface area contributed by atoms with Gasteiger partial charge in [0.15, 0.2) is 0 Å². The van der Waals surface area contributed by atoms with Crippen LogP contribution in [-0.4, -0.2) is 0 Å². The minimum absolute atomic E-state index is 0. The summed E-state index contributed by atoms with van der Waals surface area (Å²) in [5, 5.41) is 0. The van der Waals surface area contributed by atoms with E-state index in [4.69, 9.17) is 0 Å². The first-order valence-electron chi connectivity index (χ1n) is 0. The Kier molecular flexibility index (Phi) is 45300. The van der Waals surface area contributed by atoms with Crippen LogP contribution >= 0.6 is 0 Å². The molecule has 56 valence electrons. The summed E-state index contributed by atoms with van der Waals surface area (Å²) in [5.74, 6) is 0. The van der Waals surface area contributed by atoms with Crippen molar-refractivity contribution in [3.05, 3.63) is 0 Å². The zero-order valence-electron chi connectivity index (χ0n) is 2.62. The Morgan fingerprint density at radius 3 is 0.286 bits per heavy atom. The van der Waals surface area contributed by atoms with Crippen LogP contribution in [0.15, 0.2) is 0 Å². The van der Waals surface area contributed by atoms with E-state index in [0.717, 1.165) is 0 Å². The normalized spacial score (nSPS) is 0. The third kappa shape index (κ3) is 256. The van der Waals surface area contributed by atoms with Gasteiger partial charge in [-0.1, -0.05) is 0 Å². The largest absolute Gasteiger partial charge is 1.00 e. The molecule has 0 amide bonds. The molecular weight excluding hydrogens is 134 g/mol. The van der Waals surface area contributed by atoms with Crippen molar-refractivity contribution in [2.24, 2.45) is 0 Å². The summed E-state index contributed by atoms with van der Waals surface area (Å²) in [6.45, 7) is 0. The van der Waals surface area contributed by atoms with E-state index in [9.17, 15) is 0 Å². The van der Waals surface area contributed by atoms with Crippen LogP contribution in [0.4, 0.5) is 0 Å². The van der Waals surface area contributed by atoms with Gasteiger partial charge in [0.05, 0.1) is 0 Å². The number of rotatable bonds is 0. The summed E-state index contributed by atoms with van der Waals surface area (Å²) in [4.78, 5) is 0. The van der Waals surface area contributed by atoms with Crippen molar-refractivity contribution in [1.29, 1.82) is 0 Å². The fraction of sp³-hybridized carbons (Fsp3) is 0. The third-order valence-corrected chi connectivity index (χ3v) is 0. The maximum atomic E-state index is 0. The summed E-state index contributed by atoms with van der Waals surface area (Å²) in [6.07, 6.45) is 0. The molecule has 0 heterocycles. The zero-order chi connectivity index (χ0) is 0. The summed E-state index contributed by atoms with van der Waals surface area (Å²) < 4.78 is 0. The van der Waals surface area contributed by atoms with Crippen LogP contribution < -0.4 is 28.2 Å². The molecular formula is F6Ne-6. The molecule has 0 rings (SSSR count). The summed E-state index contributed by atoms with van der Waals surface area (Å²) in [7, 11) is 0. The number of hydrogen-bond donors (Lipinski definition) is 0. The molecule has 0 aliphatic carbocycles. The van der Waals surface area contributed by atoms with Crippen molar-refractivity contribution in [2.75, 3.05) is 0 Å². The average Bonchev–Trinajstić information content (AvgIpc) is 0. The van der Waals surface area contributed by atoms with Crippen LogP contribution in [0, 0.1) is 6.15 Å². The van der Waals surface area contributed by atoms with E-state index in [-0.39, 0.29) is 34.4 Å². The molecule has 0 nitrogen and oxygen atoms in total. The second-order valence-electron chi connectivity index (χ2n) is 0. The predicted octanol–water partition coefficient (Wildman–Crippen LogP) is -18.0. The second-order valence-corrected chi connectivity index (χ2v) is 0. The van der Waals surface area contributed by atoms with E-state index in [2.05, 4.69) is 0 Å². The molecule has 0 saturated heterocycles. The molecule has 0 radical (unpaired) electrons. The Hall–Kier alpha value is -0.511. The molecule has 0 atom stereocenters. The van der Waals surface area contributed by atoms with E-state index < -0.39 is 0 Å². The van der Waals surface area contributed by atoms with E-state index in [1.165, 1.54) is 0 Å². The van der Waals surface area contributed by atoms with Gasteiger partial charge in [-0.2, -0.15) is 0 Å². The molecule has 7 heteroatoms. The Bertz CT molecular complexity index is 4.14. The van der Waals surface area contributed by atoms with Crippen LogP contribution in [0.2, 0.25) is 0 Å². The monoisotopic (exact) mass is 134 g/mol. The molecule has 0 N–H and O–H groups in total. The summed E-state index contributed by atoms with van der Waals surface area (Å²) >= 11 is 0. The van der Waals surface area contributed by atoms with Gasteiger partial charge in [-0.3, -0.25) is 0 Å². The Morgan fingerprint density at radius 2 is 0.286 bits per heavy atom. The van der Waals surface area contributed by atoms with E-state index >= 15 is 0 Å². The Balaban J connectivity index is 0. The van der Waals surface area contributed by atoms with Crippen LogP contribution in [0.1, 0.15) is 0 Å². The maximum Gasteiger partial charge on any atom is 0 e. The molecule has 0 bridgehead atoms. The van der Waals surface area contributed by atoms with Crippen molar-refractivity contribution < 1.29 is 34.4 Å². The van der Waals surface area contributed by atoms with Gasteiger partial charge >= 0.3 is 0 Å². The minimum atomic E-state index is 0. The van der Waals surface area contributed by atoms with Crippen LogP contribution in [0.5, 0.6) is 0 Å². The topological polar surface area (TPSA) is 0 Å². The fourth-order valence-corrected chi connectivity index (χ4v) is 0. The molecule has 0 unspecified atom stereocenters. The molecule has 0 aliphatic rings. The second kappa shape index (κ2) is 424. The van der Waals surface area contributed by atoms with Gasteiger partial charge in [0.1, 0.15) is 0 Å². The predicted molar refractivity (Wildman–Crippen MR) is 0 cm³/mol. The van der Waals surface area contributed by atoms with E-state index in [1.54, 1.807) is 0 Å². The number of halogens is 6. The molecule has 0 aromatic carbocycles. The van der Waals surface area contributed by atoms with Gasteiger partial charge in [-0.05, 0) is 0 Å². The molecule has 0 saturated carbocycles. The summed E-state index contributed by atoms with van der Waals surface area (Å²) in [5.41, 5.74) is 0. The van der Waals surface area contributed by atoms with Crippen LogP contribution in [-0.2, 0) is 0 Å². The summed E-state index contributed by atoms with van der Waals surface area (Å²) in [6, 6.07) is 0.